The summed E-state index contributed by atoms with van der Waals surface area (Å²) in [4.78, 5) is 13.1. The van der Waals surface area contributed by atoms with Gasteiger partial charge in [0.1, 0.15) is 17.2 Å². The molecule has 0 amide bonds. The molecule has 4 rings (SSSR count). The molecule has 0 atom stereocenters. The number of ether oxygens (including phenoxy) is 3. The minimum absolute atomic E-state index is 0.0885. The van der Waals surface area contributed by atoms with Gasteiger partial charge in [0, 0.05) is 0 Å². The van der Waals surface area contributed by atoms with E-state index in [4.69, 9.17) is 14.2 Å². The summed E-state index contributed by atoms with van der Waals surface area (Å²) in [6.45, 7) is 10.5. The molecule has 0 unspecified atom stereocenters. The Hall–Kier alpha value is -3.93. The van der Waals surface area contributed by atoms with Crippen molar-refractivity contribution in [3.05, 3.63) is 89.5 Å². The van der Waals surface area contributed by atoms with Gasteiger partial charge in [0.15, 0.2) is 0 Å². The lowest BCUT2D eigenvalue weighted by Gasteiger charge is -2.12. The first-order valence-electron chi connectivity index (χ1n) is 11.4. The normalized spacial score (nSPS) is 11.0. The lowest BCUT2D eigenvalue weighted by molar-refractivity contribution is 0.362. The van der Waals surface area contributed by atoms with E-state index in [-0.39, 0.29) is 18.0 Å². The third-order valence-electron chi connectivity index (χ3n) is 5.24. The Bertz CT molecular complexity index is 1200. The Balaban J connectivity index is 1.67. The second kappa shape index (κ2) is 10.3. The Morgan fingerprint density at radius 3 is 1.29 bits per heavy atom. The van der Waals surface area contributed by atoms with E-state index in [2.05, 4.69) is 54.8 Å². The van der Waals surface area contributed by atoms with Crippen LogP contribution in [-0.2, 0) is 0 Å². The van der Waals surface area contributed by atoms with Crippen molar-refractivity contribution in [2.45, 2.75) is 46.5 Å². The molecule has 6 heteroatoms. The van der Waals surface area contributed by atoms with Gasteiger partial charge in [-0.2, -0.15) is 0 Å². The average Bonchev–Trinajstić information content (AvgIpc) is 2.79. The first-order valence-corrected chi connectivity index (χ1v) is 11.4. The fraction of sp³-hybridized carbons (Fsp3) is 0.250. The van der Waals surface area contributed by atoms with Crippen LogP contribution in [0.25, 0.3) is 0 Å². The largest absolute Gasteiger partial charge is 0.424 e. The zero-order valence-electron chi connectivity index (χ0n) is 20.1. The van der Waals surface area contributed by atoms with Crippen LogP contribution in [0.15, 0.2) is 72.8 Å². The van der Waals surface area contributed by atoms with E-state index >= 15 is 0 Å². The molecule has 0 saturated heterocycles. The number of aromatic nitrogens is 3. The van der Waals surface area contributed by atoms with E-state index in [1.54, 1.807) is 0 Å². The van der Waals surface area contributed by atoms with Gasteiger partial charge in [0.05, 0.1) is 0 Å². The molecule has 0 aliphatic carbocycles. The first-order chi connectivity index (χ1) is 16.4. The number of rotatable bonds is 8. The van der Waals surface area contributed by atoms with E-state index < -0.39 is 0 Å². The summed E-state index contributed by atoms with van der Waals surface area (Å²) in [6, 6.07) is 23.6. The molecule has 34 heavy (non-hydrogen) atoms. The summed E-state index contributed by atoms with van der Waals surface area (Å²) < 4.78 is 17.9. The van der Waals surface area contributed by atoms with Gasteiger partial charge < -0.3 is 14.2 Å². The molecule has 0 N–H and O–H groups in total. The number of hydrogen-bond acceptors (Lipinski definition) is 6. The number of nitrogens with zero attached hydrogens (tertiary/aromatic N) is 3. The minimum atomic E-state index is 0.0885. The predicted octanol–water partition coefficient (Wildman–Crippen LogP) is 7.80. The summed E-state index contributed by atoms with van der Waals surface area (Å²) >= 11 is 0. The summed E-state index contributed by atoms with van der Waals surface area (Å²) in [5.74, 6) is 2.62. The van der Waals surface area contributed by atoms with Gasteiger partial charge in [-0.05, 0) is 71.8 Å². The molecule has 1 heterocycles. The minimum Gasteiger partial charge on any atom is -0.424 e. The fourth-order valence-electron chi connectivity index (χ4n) is 3.33. The fourth-order valence-corrected chi connectivity index (χ4v) is 3.33. The summed E-state index contributed by atoms with van der Waals surface area (Å²) in [6.07, 6.45) is 0. The molecule has 0 radical (unpaired) electrons. The van der Waals surface area contributed by atoms with Crippen LogP contribution in [0.4, 0.5) is 0 Å². The SMILES string of the molecule is Cc1cccc(Oc2nc(Oc3cccc(C(C)C)c3)nc(Oc3cccc(C(C)C)c3)n2)c1. The number of aryl methyl sites for hydroxylation is 1. The average molecular weight is 456 g/mol. The van der Waals surface area contributed by atoms with Crippen molar-refractivity contribution < 1.29 is 14.2 Å². The molecule has 4 aromatic rings. The standard InChI is InChI=1S/C28H29N3O3/c1-18(2)21-10-7-13-24(16-21)33-27-29-26(32-23-12-6-9-20(5)15-23)30-28(31-27)34-25-14-8-11-22(17-25)19(3)4/h6-19H,1-5H3. The number of hydrogen-bond donors (Lipinski definition) is 0. The first kappa shape index (κ1) is 23.2. The smallest absolute Gasteiger partial charge is 0.331 e. The molecule has 0 saturated carbocycles. The second-order valence-electron chi connectivity index (χ2n) is 8.76. The van der Waals surface area contributed by atoms with Gasteiger partial charge in [-0.1, -0.05) is 64.1 Å². The maximum Gasteiger partial charge on any atom is 0.331 e. The van der Waals surface area contributed by atoms with Crippen LogP contribution in [-0.4, -0.2) is 15.0 Å². The quantitative estimate of drug-likeness (QED) is 0.270. The van der Waals surface area contributed by atoms with Gasteiger partial charge in [-0.3, -0.25) is 0 Å². The molecular formula is C28H29N3O3. The maximum absolute atomic E-state index is 5.99. The van der Waals surface area contributed by atoms with Crippen molar-refractivity contribution in [1.82, 2.24) is 15.0 Å². The van der Waals surface area contributed by atoms with E-state index in [9.17, 15) is 0 Å². The molecular weight excluding hydrogens is 426 g/mol. The van der Waals surface area contributed by atoms with Crippen molar-refractivity contribution in [1.29, 1.82) is 0 Å². The van der Waals surface area contributed by atoms with Crippen molar-refractivity contribution >= 4 is 0 Å². The molecule has 174 valence electrons. The molecule has 0 fully saturated rings. The molecule has 0 bridgehead atoms. The third kappa shape index (κ3) is 6.10. The zero-order valence-corrected chi connectivity index (χ0v) is 20.1. The monoisotopic (exact) mass is 455 g/mol. The van der Waals surface area contributed by atoms with Crippen molar-refractivity contribution in [2.75, 3.05) is 0 Å². The third-order valence-corrected chi connectivity index (χ3v) is 5.24. The van der Waals surface area contributed by atoms with Crippen LogP contribution in [0.1, 0.15) is 56.2 Å². The highest BCUT2D eigenvalue weighted by Gasteiger charge is 2.14. The summed E-state index contributed by atoms with van der Waals surface area (Å²) in [5, 5.41) is 0. The van der Waals surface area contributed by atoms with E-state index in [0.717, 1.165) is 16.7 Å². The Morgan fingerprint density at radius 2 is 0.912 bits per heavy atom. The van der Waals surface area contributed by atoms with E-state index in [0.29, 0.717) is 29.1 Å². The molecule has 1 aromatic heterocycles. The van der Waals surface area contributed by atoms with Crippen LogP contribution in [0.3, 0.4) is 0 Å². The van der Waals surface area contributed by atoms with E-state index in [1.807, 2.05) is 67.6 Å². The second-order valence-corrected chi connectivity index (χ2v) is 8.76. The van der Waals surface area contributed by atoms with Crippen molar-refractivity contribution in [2.24, 2.45) is 0 Å². The van der Waals surface area contributed by atoms with Crippen LogP contribution in [0, 0.1) is 6.92 Å². The van der Waals surface area contributed by atoms with Gasteiger partial charge in [0.2, 0.25) is 0 Å². The van der Waals surface area contributed by atoms with Crippen LogP contribution >= 0.6 is 0 Å². The summed E-state index contributed by atoms with van der Waals surface area (Å²) in [7, 11) is 0. The highest BCUT2D eigenvalue weighted by atomic mass is 16.5. The van der Waals surface area contributed by atoms with Gasteiger partial charge in [-0.25, -0.2) is 0 Å². The molecule has 0 spiro atoms. The molecule has 6 nitrogen and oxygen atoms in total. The highest BCUT2D eigenvalue weighted by Crippen LogP contribution is 2.29. The van der Waals surface area contributed by atoms with Gasteiger partial charge >= 0.3 is 18.0 Å². The zero-order chi connectivity index (χ0) is 24.1. The number of benzene rings is 3. The van der Waals surface area contributed by atoms with Gasteiger partial charge in [0.25, 0.3) is 0 Å². The van der Waals surface area contributed by atoms with Crippen molar-refractivity contribution in [3.63, 3.8) is 0 Å². The highest BCUT2D eigenvalue weighted by molar-refractivity contribution is 5.35. The molecule has 3 aromatic carbocycles. The lowest BCUT2D eigenvalue weighted by atomic mass is 10.0. The predicted molar refractivity (Wildman–Crippen MR) is 132 cm³/mol. The Morgan fingerprint density at radius 1 is 0.529 bits per heavy atom. The molecule has 0 aliphatic heterocycles. The van der Waals surface area contributed by atoms with Crippen LogP contribution in [0.5, 0.6) is 35.3 Å². The maximum atomic E-state index is 5.99. The van der Waals surface area contributed by atoms with Crippen LogP contribution in [0.2, 0.25) is 0 Å². The van der Waals surface area contributed by atoms with E-state index in [1.165, 1.54) is 0 Å². The van der Waals surface area contributed by atoms with Gasteiger partial charge in [-0.15, -0.1) is 15.0 Å². The summed E-state index contributed by atoms with van der Waals surface area (Å²) in [5.41, 5.74) is 3.38. The Labute approximate surface area is 200 Å². The van der Waals surface area contributed by atoms with Crippen LogP contribution < -0.4 is 14.2 Å². The topological polar surface area (TPSA) is 66.4 Å². The lowest BCUT2D eigenvalue weighted by Crippen LogP contribution is -2.02. The van der Waals surface area contributed by atoms with Crippen molar-refractivity contribution in [3.8, 4) is 35.3 Å². The Kier molecular flexibility index (Phi) is 7.07. The molecule has 0 aliphatic rings.